The number of aryl methyl sites for hydroxylation is 1. The van der Waals surface area contributed by atoms with Crippen molar-refractivity contribution in [3.8, 4) is 0 Å². The SMILES string of the molecule is COS(=O)(=O)Cc1ccc(C)cc1. The van der Waals surface area contributed by atoms with E-state index in [1.54, 1.807) is 12.1 Å². The maximum atomic E-state index is 11.0. The molecule has 1 rings (SSSR count). The van der Waals surface area contributed by atoms with Crippen molar-refractivity contribution in [1.29, 1.82) is 0 Å². The van der Waals surface area contributed by atoms with Crippen LogP contribution in [0.4, 0.5) is 0 Å². The second-order valence-corrected chi connectivity index (χ2v) is 4.59. The van der Waals surface area contributed by atoms with Gasteiger partial charge in [-0.1, -0.05) is 29.8 Å². The number of benzene rings is 1. The molecule has 0 heterocycles. The van der Waals surface area contributed by atoms with E-state index in [4.69, 9.17) is 0 Å². The minimum atomic E-state index is -3.39. The molecule has 1 aromatic rings. The molecule has 4 heteroatoms. The highest BCUT2D eigenvalue weighted by Crippen LogP contribution is 2.08. The van der Waals surface area contributed by atoms with Gasteiger partial charge >= 0.3 is 0 Å². The molecule has 0 N–H and O–H groups in total. The molecular weight excluding hydrogens is 188 g/mol. The molecule has 0 atom stereocenters. The monoisotopic (exact) mass is 200 g/mol. The third kappa shape index (κ3) is 3.16. The van der Waals surface area contributed by atoms with Gasteiger partial charge in [0.1, 0.15) is 5.75 Å². The smallest absolute Gasteiger partial charge is 0.271 e. The lowest BCUT2D eigenvalue weighted by molar-refractivity contribution is 0.397. The Morgan fingerprint density at radius 3 is 2.23 bits per heavy atom. The Morgan fingerprint density at radius 2 is 1.77 bits per heavy atom. The van der Waals surface area contributed by atoms with Gasteiger partial charge in [0, 0.05) is 0 Å². The summed E-state index contributed by atoms with van der Waals surface area (Å²) in [6.45, 7) is 1.95. The van der Waals surface area contributed by atoms with E-state index in [0.717, 1.165) is 11.1 Å². The van der Waals surface area contributed by atoms with Crippen molar-refractivity contribution in [2.24, 2.45) is 0 Å². The molecule has 0 unspecified atom stereocenters. The van der Waals surface area contributed by atoms with Gasteiger partial charge in [0.25, 0.3) is 10.1 Å². The lowest BCUT2D eigenvalue weighted by Gasteiger charge is -2.01. The molecule has 3 nitrogen and oxygen atoms in total. The first-order chi connectivity index (χ1) is 6.03. The molecule has 0 radical (unpaired) electrons. The Hall–Kier alpha value is -0.870. The summed E-state index contributed by atoms with van der Waals surface area (Å²) in [6, 6.07) is 7.32. The molecular formula is C9H12O3S. The summed E-state index contributed by atoms with van der Waals surface area (Å²) in [4.78, 5) is 0. The Balaban J connectivity index is 2.82. The highest BCUT2D eigenvalue weighted by molar-refractivity contribution is 7.85. The summed E-state index contributed by atoms with van der Waals surface area (Å²) in [6.07, 6.45) is 0. The average Bonchev–Trinajstić information content (AvgIpc) is 2.09. The molecule has 0 aliphatic carbocycles. The van der Waals surface area contributed by atoms with Crippen LogP contribution < -0.4 is 0 Å². The summed E-state index contributed by atoms with van der Waals surface area (Å²) in [5.41, 5.74) is 1.85. The van der Waals surface area contributed by atoms with Crippen LogP contribution in [0.5, 0.6) is 0 Å². The first-order valence-corrected chi connectivity index (χ1v) is 5.45. The van der Waals surface area contributed by atoms with Gasteiger partial charge in [-0.15, -0.1) is 0 Å². The summed E-state index contributed by atoms with van der Waals surface area (Å²) < 4.78 is 26.4. The lowest BCUT2D eigenvalue weighted by atomic mass is 10.2. The molecule has 0 amide bonds. The number of hydrogen-bond donors (Lipinski definition) is 0. The predicted molar refractivity (Wildman–Crippen MR) is 50.8 cm³/mol. The van der Waals surface area contributed by atoms with Crippen molar-refractivity contribution in [2.75, 3.05) is 7.11 Å². The van der Waals surface area contributed by atoms with Crippen LogP contribution in [0.15, 0.2) is 24.3 Å². The molecule has 72 valence electrons. The highest BCUT2D eigenvalue weighted by Gasteiger charge is 2.08. The maximum Gasteiger partial charge on any atom is 0.271 e. The van der Waals surface area contributed by atoms with Gasteiger partial charge in [-0.3, -0.25) is 4.18 Å². The standard InChI is InChI=1S/C9H12O3S/c1-8-3-5-9(6-4-8)7-13(10,11)12-2/h3-6H,7H2,1-2H3. The van der Waals surface area contributed by atoms with Crippen molar-refractivity contribution in [3.05, 3.63) is 35.4 Å². The van der Waals surface area contributed by atoms with E-state index >= 15 is 0 Å². The topological polar surface area (TPSA) is 43.4 Å². The summed E-state index contributed by atoms with van der Waals surface area (Å²) >= 11 is 0. The fourth-order valence-corrected chi connectivity index (χ4v) is 1.67. The van der Waals surface area contributed by atoms with Crippen LogP contribution in [0.3, 0.4) is 0 Å². The van der Waals surface area contributed by atoms with Gasteiger partial charge in [-0.2, -0.15) is 8.42 Å². The zero-order chi connectivity index (χ0) is 9.90. The van der Waals surface area contributed by atoms with Crippen molar-refractivity contribution in [3.63, 3.8) is 0 Å². The second kappa shape index (κ2) is 3.89. The Bertz CT molecular complexity index is 364. The molecule has 0 aliphatic rings. The molecule has 0 saturated carbocycles. The summed E-state index contributed by atoms with van der Waals surface area (Å²) in [5.74, 6) is -0.0657. The zero-order valence-corrected chi connectivity index (χ0v) is 8.47. The third-order valence-corrected chi connectivity index (χ3v) is 2.91. The lowest BCUT2D eigenvalue weighted by Crippen LogP contribution is -2.05. The van der Waals surface area contributed by atoms with Gasteiger partial charge in [-0.05, 0) is 12.5 Å². The van der Waals surface area contributed by atoms with Crippen molar-refractivity contribution in [1.82, 2.24) is 0 Å². The van der Waals surface area contributed by atoms with Crippen LogP contribution in [0.25, 0.3) is 0 Å². The van der Waals surface area contributed by atoms with Gasteiger partial charge in [-0.25, -0.2) is 0 Å². The fourth-order valence-electron chi connectivity index (χ4n) is 0.947. The maximum absolute atomic E-state index is 11.0. The van der Waals surface area contributed by atoms with Crippen LogP contribution in [0, 0.1) is 6.92 Å². The van der Waals surface area contributed by atoms with E-state index in [2.05, 4.69) is 4.18 Å². The first-order valence-electron chi connectivity index (χ1n) is 3.87. The third-order valence-electron chi connectivity index (χ3n) is 1.72. The zero-order valence-electron chi connectivity index (χ0n) is 7.65. The molecule has 0 fully saturated rings. The Kier molecular flexibility index (Phi) is 3.06. The van der Waals surface area contributed by atoms with Crippen molar-refractivity contribution in [2.45, 2.75) is 12.7 Å². The predicted octanol–water partition coefficient (Wildman–Crippen LogP) is 1.47. The van der Waals surface area contributed by atoms with Crippen molar-refractivity contribution >= 4 is 10.1 Å². The molecule has 0 spiro atoms. The molecule has 0 saturated heterocycles. The van der Waals surface area contributed by atoms with Crippen LogP contribution >= 0.6 is 0 Å². The van der Waals surface area contributed by atoms with Gasteiger partial charge in [0.15, 0.2) is 0 Å². The van der Waals surface area contributed by atoms with E-state index in [-0.39, 0.29) is 5.75 Å². The molecule has 13 heavy (non-hydrogen) atoms. The first kappa shape index (κ1) is 10.2. The van der Waals surface area contributed by atoms with Gasteiger partial charge in [0.05, 0.1) is 7.11 Å². The average molecular weight is 200 g/mol. The fraction of sp³-hybridized carbons (Fsp3) is 0.333. The summed E-state index contributed by atoms with van der Waals surface area (Å²) in [7, 11) is -2.22. The second-order valence-electron chi connectivity index (χ2n) is 2.85. The number of hydrogen-bond acceptors (Lipinski definition) is 3. The minimum absolute atomic E-state index is 0.0657. The van der Waals surface area contributed by atoms with E-state index in [9.17, 15) is 8.42 Å². The summed E-state index contributed by atoms with van der Waals surface area (Å²) in [5, 5.41) is 0. The molecule has 0 aliphatic heterocycles. The van der Waals surface area contributed by atoms with Crippen LogP contribution in [-0.2, 0) is 20.1 Å². The van der Waals surface area contributed by atoms with E-state index in [1.807, 2.05) is 19.1 Å². The van der Waals surface area contributed by atoms with Crippen molar-refractivity contribution < 1.29 is 12.6 Å². The van der Waals surface area contributed by atoms with Crippen LogP contribution in [0.1, 0.15) is 11.1 Å². The molecule has 0 aromatic heterocycles. The largest absolute Gasteiger partial charge is 0.273 e. The Labute approximate surface area is 78.5 Å². The quantitative estimate of drug-likeness (QED) is 0.694. The highest BCUT2D eigenvalue weighted by atomic mass is 32.2. The Morgan fingerprint density at radius 1 is 1.23 bits per heavy atom. The van der Waals surface area contributed by atoms with Gasteiger partial charge in [0.2, 0.25) is 0 Å². The van der Waals surface area contributed by atoms with E-state index < -0.39 is 10.1 Å². The van der Waals surface area contributed by atoms with Crippen LogP contribution in [-0.4, -0.2) is 15.5 Å². The molecule has 1 aromatic carbocycles. The minimum Gasteiger partial charge on any atom is -0.273 e. The van der Waals surface area contributed by atoms with E-state index in [1.165, 1.54) is 7.11 Å². The number of rotatable bonds is 3. The molecule has 0 bridgehead atoms. The van der Waals surface area contributed by atoms with Crippen LogP contribution in [0.2, 0.25) is 0 Å². The van der Waals surface area contributed by atoms with Gasteiger partial charge < -0.3 is 0 Å². The normalized spacial score (nSPS) is 11.5. The van der Waals surface area contributed by atoms with E-state index in [0.29, 0.717) is 0 Å².